The number of amides is 1. The van der Waals surface area contributed by atoms with Gasteiger partial charge < -0.3 is 10.6 Å². The molecule has 0 radical (unpaired) electrons. The predicted molar refractivity (Wildman–Crippen MR) is 80.5 cm³/mol. The van der Waals surface area contributed by atoms with Gasteiger partial charge in [-0.3, -0.25) is 9.78 Å². The molecule has 1 amide bonds. The molecule has 1 heterocycles. The lowest BCUT2D eigenvalue weighted by atomic mass is 10.2. The number of pyridine rings is 1. The van der Waals surface area contributed by atoms with Crippen molar-refractivity contribution in [2.24, 2.45) is 0 Å². The van der Waals surface area contributed by atoms with E-state index in [4.69, 9.17) is 0 Å². The number of carbonyl (C=O) groups excluding carboxylic acids is 1. The molecule has 1 aromatic heterocycles. The van der Waals surface area contributed by atoms with Crippen LogP contribution in [0.4, 0.5) is 5.69 Å². The summed E-state index contributed by atoms with van der Waals surface area (Å²) < 4.78 is 0. The van der Waals surface area contributed by atoms with Gasteiger partial charge in [0, 0.05) is 18.1 Å². The van der Waals surface area contributed by atoms with Gasteiger partial charge in [0.25, 0.3) is 0 Å². The van der Waals surface area contributed by atoms with Crippen molar-refractivity contribution in [1.29, 1.82) is 0 Å². The van der Waals surface area contributed by atoms with Crippen molar-refractivity contribution in [1.82, 2.24) is 10.3 Å². The molecule has 0 bridgehead atoms. The number of aromatic nitrogens is 1. The van der Waals surface area contributed by atoms with E-state index in [-0.39, 0.29) is 11.9 Å². The number of para-hydroxylation sites is 1. The molecule has 1 aromatic carbocycles. The topological polar surface area (TPSA) is 54.0 Å². The van der Waals surface area contributed by atoms with Gasteiger partial charge in [-0.25, -0.2) is 0 Å². The van der Waals surface area contributed by atoms with E-state index in [0.29, 0.717) is 0 Å². The first-order valence-electron chi connectivity index (χ1n) is 6.74. The largest absolute Gasteiger partial charge is 0.325 e. The summed E-state index contributed by atoms with van der Waals surface area (Å²) in [6.45, 7) is 2.62. The molecule has 0 fully saturated rings. The van der Waals surface area contributed by atoms with Crippen molar-refractivity contribution in [2.75, 3.05) is 11.9 Å². The monoisotopic (exact) mass is 269 g/mol. The highest BCUT2D eigenvalue weighted by Crippen LogP contribution is 2.05. The van der Waals surface area contributed by atoms with Crippen molar-refractivity contribution >= 4 is 11.6 Å². The lowest BCUT2D eigenvalue weighted by Gasteiger charge is -2.14. The second-order valence-corrected chi connectivity index (χ2v) is 4.64. The van der Waals surface area contributed by atoms with Crippen LogP contribution in [0.15, 0.2) is 54.9 Å². The van der Waals surface area contributed by atoms with Crippen molar-refractivity contribution < 1.29 is 4.79 Å². The highest BCUT2D eigenvalue weighted by atomic mass is 16.2. The number of carbonyl (C=O) groups is 1. The van der Waals surface area contributed by atoms with E-state index >= 15 is 0 Å². The molecule has 1 unspecified atom stereocenters. The van der Waals surface area contributed by atoms with Gasteiger partial charge in [0.05, 0.1) is 6.04 Å². The number of hydrogen-bond donors (Lipinski definition) is 2. The minimum atomic E-state index is -0.225. The van der Waals surface area contributed by atoms with Gasteiger partial charge >= 0.3 is 0 Å². The van der Waals surface area contributed by atoms with E-state index in [1.807, 2.05) is 49.4 Å². The molecule has 20 heavy (non-hydrogen) atoms. The maximum Gasteiger partial charge on any atom is 0.241 e. The second kappa shape index (κ2) is 7.40. The Bertz CT molecular complexity index is 528. The highest BCUT2D eigenvalue weighted by Gasteiger charge is 2.11. The van der Waals surface area contributed by atoms with Gasteiger partial charge in [-0.05, 0) is 49.7 Å². The summed E-state index contributed by atoms with van der Waals surface area (Å²) in [6, 6.07) is 13.2. The lowest BCUT2D eigenvalue weighted by molar-refractivity contribution is -0.117. The lowest BCUT2D eigenvalue weighted by Crippen LogP contribution is -2.39. The van der Waals surface area contributed by atoms with Crippen LogP contribution < -0.4 is 10.6 Å². The van der Waals surface area contributed by atoms with Crippen LogP contribution in [0, 0.1) is 0 Å². The Morgan fingerprint density at radius 1 is 1.15 bits per heavy atom. The fraction of sp³-hybridized carbons (Fsp3) is 0.250. The predicted octanol–water partition coefficient (Wildman–Crippen LogP) is 2.24. The van der Waals surface area contributed by atoms with E-state index < -0.39 is 0 Å². The Labute approximate surface area is 119 Å². The van der Waals surface area contributed by atoms with E-state index in [1.54, 1.807) is 12.4 Å². The Kier molecular flexibility index (Phi) is 5.26. The quantitative estimate of drug-likeness (QED) is 0.845. The van der Waals surface area contributed by atoms with E-state index in [2.05, 4.69) is 15.6 Å². The molecule has 2 rings (SSSR count). The standard InChI is InChI=1S/C16H19N3O/c1-13(16(20)19-15-5-3-2-4-6-15)18-12-9-14-7-10-17-11-8-14/h2-8,10-11,13,18H,9,12H2,1H3,(H,19,20). The molecule has 0 aliphatic rings. The molecular formula is C16H19N3O. The van der Waals surface area contributed by atoms with Crippen LogP contribution in [0.25, 0.3) is 0 Å². The maximum atomic E-state index is 12.0. The molecular weight excluding hydrogens is 250 g/mol. The molecule has 2 aromatic rings. The molecule has 0 spiro atoms. The third-order valence-corrected chi connectivity index (χ3v) is 3.05. The third kappa shape index (κ3) is 4.48. The summed E-state index contributed by atoms with van der Waals surface area (Å²) in [4.78, 5) is 16.0. The van der Waals surface area contributed by atoms with Crippen LogP contribution >= 0.6 is 0 Å². The van der Waals surface area contributed by atoms with E-state index in [1.165, 1.54) is 5.56 Å². The Balaban J connectivity index is 1.74. The summed E-state index contributed by atoms with van der Waals surface area (Å²) in [5.74, 6) is -0.0223. The molecule has 0 aliphatic heterocycles. The molecule has 4 nitrogen and oxygen atoms in total. The maximum absolute atomic E-state index is 12.0. The highest BCUT2D eigenvalue weighted by molar-refractivity contribution is 5.94. The van der Waals surface area contributed by atoms with Crippen molar-refractivity contribution in [3.05, 3.63) is 60.4 Å². The fourth-order valence-corrected chi connectivity index (χ4v) is 1.85. The minimum Gasteiger partial charge on any atom is -0.325 e. The van der Waals surface area contributed by atoms with Crippen LogP contribution in [0.3, 0.4) is 0 Å². The van der Waals surface area contributed by atoms with Crippen LogP contribution in [0.5, 0.6) is 0 Å². The minimum absolute atomic E-state index is 0.0223. The number of hydrogen-bond acceptors (Lipinski definition) is 3. The fourth-order valence-electron chi connectivity index (χ4n) is 1.85. The van der Waals surface area contributed by atoms with Crippen molar-refractivity contribution in [2.45, 2.75) is 19.4 Å². The van der Waals surface area contributed by atoms with Crippen LogP contribution in [0.2, 0.25) is 0 Å². The Morgan fingerprint density at radius 3 is 2.55 bits per heavy atom. The Hall–Kier alpha value is -2.20. The van der Waals surface area contributed by atoms with Crippen molar-refractivity contribution in [3.63, 3.8) is 0 Å². The normalized spacial score (nSPS) is 11.8. The zero-order valence-corrected chi connectivity index (χ0v) is 11.5. The molecule has 4 heteroatoms. The average Bonchev–Trinajstić information content (AvgIpc) is 2.49. The smallest absolute Gasteiger partial charge is 0.241 e. The summed E-state index contributed by atoms with van der Waals surface area (Å²) in [7, 11) is 0. The number of nitrogens with zero attached hydrogens (tertiary/aromatic N) is 1. The second-order valence-electron chi connectivity index (χ2n) is 4.64. The number of nitrogens with one attached hydrogen (secondary N) is 2. The van der Waals surface area contributed by atoms with Gasteiger partial charge in [-0.1, -0.05) is 18.2 Å². The van der Waals surface area contributed by atoms with Gasteiger partial charge in [0.1, 0.15) is 0 Å². The number of benzene rings is 1. The zero-order valence-electron chi connectivity index (χ0n) is 11.5. The van der Waals surface area contributed by atoms with Crippen molar-refractivity contribution in [3.8, 4) is 0 Å². The van der Waals surface area contributed by atoms with Crippen LogP contribution in [0.1, 0.15) is 12.5 Å². The van der Waals surface area contributed by atoms with Gasteiger partial charge in [-0.15, -0.1) is 0 Å². The SMILES string of the molecule is CC(NCCc1ccncc1)C(=O)Nc1ccccc1. The van der Waals surface area contributed by atoms with Gasteiger partial charge in [0.15, 0.2) is 0 Å². The molecule has 1 atom stereocenters. The number of rotatable bonds is 6. The first-order valence-corrected chi connectivity index (χ1v) is 6.74. The third-order valence-electron chi connectivity index (χ3n) is 3.05. The summed E-state index contributed by atoms with van der Waals surface area (Å²) in [5.41, 5.74) is 2.03. The molecule has 2 N–H and O–H groups in total. The van der Waals surface area contributed by atoms with Crippen LogP contribution in [-0.4, -0.2) is 23.5 Å². The summed E-state index contributed by atoms with van der Waals surface area (Å²) in [6.07, 6.45) is 4.44. The first kappa shape index (κ1) is 14.2. The summed E-state index contributed by atoms with van der Waals surface area (Å²) in [5, 5.41) is 6.10. The number of anilines is 1. The van der Waals surface area contributed by atoms with Crippen LogP contribution in [-0.2, 0) is 11.2 Å². The molecule has 0 saturated heterocycles. The molecule has 0 aliphatic carbocycles. The van der Waals surface area contributed by atoms with Gasteiger partial charge in [0.2, 0.25) is 5.91 Å². The zero-order chi connectivity index (χ0) is 14.2. The average molecular weight is 269 g/mol. The van der Waals surface area contributed by atoms with Gasteiger partial charge in [-0.2, -0.15) is 0 Å². The Morgan fingerprint density at radius 2 is 1.85 bits per heavy atom. The summed E-state index contributed by atoms with van der Waals surface area (Å²) >= 11 is 0. The first-order chi connectivity index (χ1) is 9.75. The molecule has 0 saturated carbocycles. The van der Waals surface area contributed by atoms with E-state index in [9.17, 15) is 4.79 Å². The molecule has 104 valence electrons. The van der Waals surface area contributed by atoms with E-state index in [0.717, 1.165) is 18.7 Å².